The molecule has 0 aromatic heterocycles. The van der Waals surface area contributed by atoms with Crippen LogP contribution in [0.1, 0.15) is 118 Å². The van der Waals surface area contributed by atoms with Crippen LogP contribution in [0, 0.1) is 0 Å². The average molecular weight is 976 g/mol. The summed E-state index contributed by atoms with van der Waals surface area (Å²) in [6.45, 7) is 0. The quantitative estimate of drug-likeness (QED) is 0.122. The van der Waals surface area contributed by atoms with Crippen LogP contribution in [-0.4, -0.2) is 7.62 Å². The van der Waals surface area contributed by atoms with Gasteiger partial charge in [0.25, 0.3) is 0 Å². The Morgan fingerprint density at radius 1 is 0.273 bits per heavy atom. The maximum absolute atomic E-state index is 2.26. The zero-order chi connectivity index (χ0) is 44.0. The summed E-state index contributed by atoms with van der Waals surface area (Å²) >= 11 is 4.31. The fraction of sp³-hybridized carbons (Fsp3) is 0.258. The van der Waals surface area contributed by atoms with Gasteiger partial charge in [-0.2, -0.15) is 93.0 Å². The van der Waals surface area contributed by atoms with Crippen LogP contribution < -0.4 is 24.8 Å². The predicted molar refractivity (Wildman–Crippen MR) is 267 cm³/mol. The van der Waals surface area contributed by atoms with E-state index < -0.39 is 0 Å². The van der Waals surface area contributed by atoms with Crippen molar-refractivity contribution in [3.63, 3.8) is 0 Å². The summed E-state index contributed by atoms with van der Waals surface area (Å²) in [6.07, 6.45) is 21.8. The molecule has 0 spiro atoms. The van der Waals surface area contributed by atoms with Gasteiger partial charge in [0.2, 0.25) is 0 Å². The molecule has 0 amide bonds. The number of fused-ring (bicyclic) bond motifs is 4. The molecule has 0 atom stereocenters. The molecule has 66 heavy (non-hydrogen) atoms. The van der Waals surface area contributed by atoms with E-state index in [9.17, 15) is 0 Å². The molecule has 8 aromatic rings. The molecule has 12 rings (SSSR count). The molecule has 336 valence electrons. The second-order valence-electron chi connectivity index (χ2n) is 17.3. The zero-order valence-electron chi connectivity index (χ0n) is 38.5. The Kier molecular flexibility index (Phi) is 23.9. The van der Waals surface area contributed by atoms with Crippen LogP contribution in [0.4, 0.5) is 0 Å². The minimum atomic E-state index is 0. The van der Waals surface area contributed by atoms with E-state index in [0.717, 1.165) is 0 Å². The molecular formula is C62H64Cl2Ti2-2. The first-order valence-corrected chi connectivity index (χ1v) is 25.5. The summed E-state index contributed by atoms with van der Waals surface area (Å²) in [5.74, 6) is 0. The molecule has 0 N–H and O–H groups in total. The summed E-state index contributed by atoms with van der Waals surface area (Å²) in [5, 5.41) is 0. The van der Waals surface area contributed by atoms with Crippen LogP contribution in [0.2, 0.25) is 0 Å². The van der Waals surface area contributed by atoms with Crippen molar-refractivity contribution < 1.29 is 64.8 Å². The second-order valence-corrected chi connectivity index (χ2v) is 18.9. The fourth-order valence-corrected chi connectivity index (χ4v) is 10.2. The van der Waals surface area contributed by atoms with Gasteiger partial charge in [0.05, 0.1) is 0 Å². The van der Waals surface area contributed by atoms with Gasteiger partial charge in [0.1, 0.15) is 0 Å². The van der Waals surface area contributed by atoms with E-state index in [4.69, 9.17) is 0 Å². The largest absolute Gasteiger partial charge is 0.210 e. The van der Waals surface area contributed by atoms with Crippen molar-refractivity contribution in [3.05, 3.63) is 261 Å². The van der Waals surface area contributed by atoms with Gasteiger partial charge in [-0.05, 0) is 0 Å². The third kappa shape index (κ3) is 16.7. The first-order chi connectivity index (χ1) is 31.6. The van der Waals surface area contributed by atoms with Crippen LogP contribution in [-0.2, 0) is 91.3 Å². The Morgan fingerprint density at radius 2 is 0.470 bits per heavy atom. The predicted octanol–water partition coefficient (Wildman–Crippen LogP) is 8.75. The molecule has 8 aromatic carbocycles. The maximum atomic E-state index is 2.26. The maximum Gasteiger partial charge on any atom is -0.0512 e. The molecule has 0 heterocycles. The number of aryl methyl sites for hydroxylation is 8. The minimum Gasteiger partial charge on any atom is -0.210 e. The van der Waals surface area contributed by atoms with E-state index in [0.29, 0.717) is 0 Å². The van der Waals surface area contributed by atoms with Gasteiger partial charge in [-0.25, -0.2) is 24.3 Å². The van der Waals surface area contributed by atoms with Crippen molar-refractivity contribution >= 4 is 7.62 Å². The third-order valence-corrected chi connectivity index (χ3v) is 14.7. The number of rotatable bonds is 4. The monoisotopic (exact) mass is 974 g/mol. The molecule has 4 aliphatic rings. The van der Waals surface area contributed by atoms with Gasteiger partial charge in [-0.3, -0.25) is 0 Å². The van der Waals surface area contributed by atoms with Crippen molar-refractivity contribution in [1.29, 1.82) is 0 Å². The standard InChI is InChI=1S/2C13H10.4C9H11.2ClH.2Ti/c2*1-3-7-12(8-4-1)11-13-9-5-2-6-10-13;4*1-2-5-9-7-3-6-8(9)4-1;;;;/h2*1-10H;4*3,6-7H,1-2,4-5H2;2*1H;;/q;;4*-1;;;2*+2/p-2. The first-order valence-electron chi connectivity index (χ1n) is 23.9. The normalized spacial score (nSPS) is 13.6. The Bertz CT molecular complexity index is 2100. The van der Waals surface area contributed by atoms with E-state index in [1.54, 1.807) is 44.5 Å². The number of benzene rings is 4. The Morgan fingerprint density at radius 3 is 0.667 bits per heavy atom. The third-order valence-electron chi connectivity index (χ3n) is 12.8. The summed E-state index contributed by atoms with van der Waals surface area (Å²) in [4.78, 5) is 0. The molecule has 0 saturated carbocycles. The molecule has 0 radical (unpaired) electrons. The van der Waals surface area contributed by atoms with E-state index in [1.165, 1.54) is 133 Å². The molecule has 0 aliphatic heterocycles. The molecule has 0 nitrogen and oxygen atoms in total. The van der Waals surface area contributed by atoms with E-state index in [1.807, 2.05) is 24.3 Å². The van der Waals surface area contributed by atoms with E-state index in [-0.39, 0.29) is 24.8 Å². The van der Waals surface area contributed by atoms with Gasteiger partial charge in [0.15, 0.2) is 0 Å². The molecular weight excluding hydrogens is 911 g/mol. The fourth-order valence-electron chi connectivity index (χ4n) is 9.21. The average Bonchev–Trinajstić information content (AvgIpc) is 4.24. The molecule has 4 aliphatic carbocycles. The topological polar surface area (TPSA) is 0 Å². The number of halogens is 2. The van der Waals surface area contributed by atoms with Gasteiger partial charge < -0.3 is 24.8 Å². The van der Waals surface area contributed by atoms with Gasteiger partial charge in [-0.15, -0.1) is 0 Å². The van der Waals surface area contributed by atoms with Crippen molar-refractivity contribution in [1.82, 2.24) is 0 Å². The molecule has 4 heteroatoms. The second kappa shape index (κ2) is 29.7. The van der Waals surface area contributed by atoms with Crippen LogP contribution in [0.15, 0.2) is 194 Å². The summed E-state index contributed by atoms with van der Waals surface area (Å²) < 4.78 is 2.65. The number of hydrogen-bond acceptors (Lipinski definition) is 0. The zero-order valence-corrected chi connectivity index (χ0v) is 43.2. The Hall–Kier alpha value is -3.97. The molecule has 0 bridgehead atoms. The first kappa shape index (κ1) is 53.0. The van der Waals surface area contributed by atoms with Gasteiger partial charge in [-0.1, -0.05) is 103 Å². The Balaban J connectivity index is 0.000000149. The van der Waals surface area contributed by atoms with Crippen LogP contribution in [0.3, 0.4) is 0 Å². The minimum absolute atomic E-state index is 0. The smallest absolute Gasteiger partial charge is 0.0512 e. The Labute approximate surface area is 432 Å². The van der Waals surface area contributed by atoms with E-state index >= 15 is 0 Å². The van der Waals surface area contributed by atoms with Crippen LogP contribution >= 0.6 is 0 Å². The molecule has 0 unspecified atom stereocenters. The van der Waals surface area contributed by atoms with Gasteiger partial charge in [0, 0.05) is 0 Å². The van der Waals surface area contributed by atoms with Crippen molar-refractivity contribution in [2.24, 2.45) is 0 Å². The van der Waals surface area contributed by atoms with Crippen LogP contribution in [0.5, 0.6) is 0 Å². The number of hydrogen-bond donors (Lipinski definition) is 0. The van der Waals surface area contributed by atoms with E-state index in [2.05, 4.69) is 210 Å². The van der Waals surface area contributed by atoms with Crippen molar-refractivity contribution in [2.75, 3.05) is 0 Å². The SMILES string of the molecule is [Cl-].[Cl-].[Ti+2]=[C](c1ccccc1)c1ccccc1.[Ti+2]=[C](c1ccccc1)c1ccccc1.c1cc2c([cH-]1)CCCC2.c1cc2c([cH-]1)CCCC2.c1cc2c([cH-]1)CCCC2.c1cc2c([cH-]1)CCCC2. The summed E-state index contributed by atoms with van der Waals surface area (Å²) in [5.41, 5.74) is 17.9. The molecule has 0 saturated heterocycles. The van der Waals surface area contributed by atoms with Crippen LogP contribution in [0.25, 0.3) is 0 Å². The van der Waals surface area contributed by atoms with Crippen molar-refractivity contribution in [3.8, 4) is 0 Å². The summed E-state index contributed by atoms with van der Waals surface area (Å²) in [7, 11) is 0. The van der Waals surface area contributed by atoms with Gasteiger partial charge >= 0.3 is 191 Å². The summed E-state index contributed by atoms with van der Waals surface area (Å²) in [6, 6.07) is 68.6. The molecule has 0 fully saturated rings. The van der Waals surface area contributed by atoms with Crippen molar-refractivity contribution in [2.45, 2.75) is 103 Å².